The Labute approximate surface area is 258 Å². The first-order chi connectivity index (χ1) is 21.3. The van der Waals surface area contributed by atoms with Crippen molar-refractivity contribution in [2.45, 2.75) is 45.6 Å². The number of carbonyl (C=O) groups is 1. The molecule has 4 aromatic rings. The number of amides is 2. The maximum absolute atomic E-state index is 14.4. The zero-order valence-electron chi connectivity index (χ0n) is 26.0. The topological polar surface area (TPSA) is 96.0 Å². The lowest BCUT2D eigenvalue weighted by Crippen LogP contribution is -2.48. The molecule has 44 heavy (non-hydrogen) atoms. The Morgan fingerprint density at radius 1 is 1.02 bits per heavy atom. The summed E-state index contributed by atoms with van der Waals surface area (Å²) in [5, 5.41) is 3.34. The summed E-state index contributed by atoms with van der Waals surface area (Å²) in [5.41, 5.74) is 5.32. The van der Waals surface area contributed by atoms with E-state index in [4.69, 9.17) is 14.5 Å². The third-order valence-electron chi connectivity index (χ3n) is 8.61. The number of aryl methyl sites for hydroxylation is 1. The van der Waals surface area contributed by atoms with Crippen LogP contribution in [-0.4, -0.2) is 60.2 Å². The summed E-state index contributed by atoms with van der Waals surface area (Å²) in [6, 6.07) is 17.1. The number of urea groups is 1. The SMILES string of the molecule is COc1ccc(N2C(=O)N(c3c(C)c#ccc3C)C(C)c3cnc(Nc4ccc(C5CCN(C)CC5)cc4OC)nc32)nc1. The number of methoxy groups -OCH3 is 2. The highest BCUT2D eigenvalue weighted by atomic mass is 16.5. The zero-order chi connectivity index (χ0) is 31.0. The molecule has 6 rings (SSSR count). The van der Waals surface area contributed by atoms with Crippen LogP contribution in [0.5, 0.6) is 11.5 Å². The van der Waals surface area contributed by atoms with E-state index in [2.05, 4.69) is 51.5 Å². The van der Waals surface area contributed by atoms with Gasteiger partial charge in [0.25, 0.3) is 0 Å². The van der Waals surface area contributed by atoms with Gasteiger partial charge in [-0.1, -0.05) is 18.2 Å². The van der Waals surface area contributed by atoms with Crippen molar-refractivity contribution in [3.05, 3.63) is 83.2 Å². The minimum Gasteiger partial charge on any atom is -0.495 e. The van der Waals surface area contributed by atoms with Gasteiger partial charge in [0.15, 0.2) is 5.82 Å². The highest BCUT2D eigenvalue weighted by molar-refractivity contribution is 6.11. The summed E-state index contributed by atoms with van der Waals surface area (Å²) in [5.74, 6) is 3.02. The van der Waals surface area contributed by atoms with Crippen molar-refractivity contribution in [3.63, 3.8) is 0 Å². The second-order valence-corrected chi connectivity index (χ2v) is 11.4. The van der Waals surface area contributed by atoms with Gasteiger partial charge in [0, 0.05) is 17.3 Å². The fourth-order valence-corrected chi connectivity index (χ4v) is 6.11. The lowest BCUT2D eigenvalue weighted by atomic mass is 9.89. The Kier molecular flexibility index (Phi) is 7.97. The van der Waals surface area contributed by atoms with E-state index < -0.39 is 0 Å². The normalized spacial score (nSPS) is 17.2. The molecular weight excluding hydrogens is 554 g/mol. The van der Waals surface area contributed by atoms with E-state index >= 15 is 0 Å². The second-order valence-electron chi connectivity index (χ2n) is 11.4. The number of aromatic nitrogens is 3. The molecule has 0 saturated carbocycles. The number of anilines is 5. The quantitative estimate of drug-likeness (QED) is 0.260. The van der Waals surface area contributed by atoms with Crippen molar-refractivity contribution in [2.75, 3.05) is 49.5 Å². The molecule has 1 saturated heterocycles. The number of nitrogens with zero attached hydrogens (tertiary/aromatic N) is 6. The summed E-state index contributed by atoms with van der Waals surface area (Å²) in [4.78, 5) is 34.2. The van der Waals surface area contributed by atoms with Crippen molar-refractivity contribution in [2.24, 2.45) is 0 Å². The number of nitrogens with one attached hydrogen (secondary N) is 1. The molecule has 1 atom stereocenters. The fourth-order valence-electron chi connectivity index (χ4n) is 6.11. The molecule has 2 amide bonds. The summed E-state index contributed by atoms with van der Waals surface area (Å²) in [6.45, 7) is 8.05. The number of ether oxygens (including phenoxy) is 2. The number of hydrogen-bond acceptors (Lipinski definition) is 8. The van der Waals surface area contributed by atoms with Crippen molar-refractivity contribution < 1.29 is 14.3 Å². The van der Waals surface area contributed by atoms with Crippen molar-refractivity contribution >= 4 is 35.0 Å². The summed E-state index contributed by atoms with van der Waals surface area (Å²) >= 11 is 0. The summed E-state index contributed by atoms with van der Waals surface area (Å²) < 4.78 is 11.1. The first kappa shape index (κ1) is 29.2. The lowest BCUT2D eigenvalue weighted by Gasteiger charge is -2.40. The number of hydrogen-bond donors (Lipinski definition) is 1. The molecule has 0 bridgehead atoms. The molecule has 1 N–H and O–H groups in total. The van der Waals surface area contributed by atoms with Crippen LogP contribution in [0.25, 0.3) is 0 Å². The second kappa shape index (κ2) is 12.0. The average Bonchev–Trinajstić information content (AvgIpc) is 3.03. The molecule has 10 heteroatoms. The third-order valence-corrected chi connectivity index (χ3v) is 8.61. The minimum absolute atomic E-state index is 0.279. The number of piperidine rings is 1. The number of carbonyl (C=O) groups excluding carboxylic acids is 1. The summed E-state index contributed by atoms with van der Waals surface area (Å²) in [6.07, 6.45) is 5.60. The molecular formula is C34H37N7O3. The number of pyridine rings is 1. The smallest absolute Gasteiger partial charge is 0.336 e. The largest absolute Gasteiger partial charge is 0.495 e. The van der Waals surface area contributed by atoms with E-state index in [0.29, 0.717) is 29.3 Å². The van der Waals surface area contributed by atoms with Crippen molar-refractivity contribution in [1.29, 1.82) is 0 Å². The number of likely N-dealkylation sites (tertiary alicyclic amines) is 1. The molecule has 4 heterocycles. The molecule has 2 aromatic carbocycles. The van der Waals surface area contributed by atoms with E-state index in [0.717, 1.165) is 59.7 Å². The van der Waals surface area contributed by atoms with Crippen LogP contribution in [-0.2, 0) is 0 Å². The molecule has 0 spiro atoms. The predicted octanol–water partition coefficient (Wildman–Crippen LogP) is 6.50. The standard InChI is InChI=1S/C34H37N7O3/c1-21-8-7-9-22(2)31(21)40-23(3)27-20-36-33(38-32(27)41(34(40)42)30-13-11-26(43-5)19-35-30)37-28-12-10-25(18-29(28)44-6)24-14-16-39(4)17-15-24/h8,10-13,18-20,23-24H,14-17H2,1-6H3,(H,36,37,38). The highest BCUT2D eigenvalue weighted by Gasteiger charge is 2.40. The Balaban J connectivity index is 1.39. The van der Waals surface area contributed by atoms with E-state index in [1.54, 1.807) is 43.6 Å². The van der Waals surface area contributed by atoms with Crippen LogP contribution in [0.1, 0.15) is 54.0 Å². The van der Waals surface area contributed by atoms with Gasteiger partial charge in [0.05, 0.1) is 37.8 Å². The van der Waals surface area contributed by atoms with Gasteiger partial charge in [-0.05, 0) is 101 Å². The lowest BCUT2D eigenvalue weighted by molar-refractivity contribution is 0.250. The van der Waals surface area contributed by atoms with E-state index in [-0.39, 0.29) is 12.1 Å². The van der Waals surface area contributed by atoms with Gasteiger partial charge in [-0.3, -0.25) is 4.90 Å². The molecule has 10 nitrogen and oxygen atoms in total. The predicted molar refractivity (Wildman–Crippen MR) is 171 cm³/mol. The first-order valence-corrected chi connectivity index (χ1v) is 14.8. The Hall–Kier alpha value is -4.88. The maximum atomic E-state index is 14.4. The van der Waals surface area contributed by atoms with Gasteiger partial charge in [0.1, 0.15) is 17.3 Å². The van der Waals surface area contributed by atoms with E-state index in [9.17, 15) is 4.79 Å². The van der Waals surface area contributed by atoms with E-state index in [1.807, 2.05) is 32.9 Å². The fraction of sp³-hybridized carbons (Fsp3) is 0.353. The van der Waals surface area contributed by atoms with Gasteiger partial charge in [0.2, 0.25) is 5.95 Å². The molecule has 226 valence electrons. The molecule has 2 aromatic heterocycles. The third kappa shape index (κ3) is 5.35. The Bertz CT molecular complexity index is 1650. The Morgan fingerprint density at radius 3 is 2.50 bits per heavy atom. The van der Waals surface area contributed by atoms with Gasteiger partial charge in [-0.25, -0.2) is 19.7 Å². The number of benzene rings is 1. The van der Waals surface area contributed by atoms with E-state index in [1.165, 1.54) is 10.5 Å². The molecule has 0 radical (unpaired) electrons. The molecule has 1 fully saturated rings. The highest BCUT2D eigenvalue weighted by Crippen LogP contribution is 2.43. The maximum Gasteiger partial charge on any atom is 0.336 e. The van der Waals surface area contributed by atoms with Crippen molar-refractivity contribution in [1.82, 2.24) is 19.9 Å². The Morgan fingerprint density at radius 2 is 1.82 bits per heavy atom. The first-order valence-electron chi connectivity index (χ1n) is 14.8. The van der Waals surface area contributed by atoms with Crippen LogP contribution in [0.2, 0.25) is 0 Å². The zero-order valence-corrected chi connectivity index (χ0v) is 26.0. The summed E-state index contributed by atoms with van der Waals surface area (Å²) in [7, 11) is 5.41. The number of fused-ring (bicyclic) bond motifs is 1. The van der Waals surface area contributed by atoms with Crippen LogP contribution < -0.4 is 24.6 Å². The van der Waals surface area contributed by atoms with Gasteiger partial charge >= 0.3 is 6.03 Å². The van der Waals surface area contributed by atoms with Crippen molar-refractivity contribution in [3.8, 4) is 11.5 Å². The van der Waals surface area contributed by atoms with Gasteiger partial charge in [-0.15, -0.1) is 0 Å². The van der Waals surface area contributed by atoms with Crippen LogP contribution in [0.4, 0.5) is 33.8 Å². The van der Waals surface area contributed by atoms with Crippen LogP contribution in [0.15, 0.2) is 48.8 Å². The average molecular weight is 592 g/mol. The van der Waals surface area contributed by atoms with Gasteiger partial charge < -0.3 is 19.7 Å². The van der Waals surface area contributed by atoms with Crippen LogP contribution in [0.3, 0.4) is 0 Å². The number of rotatable bonds is 7. The van der Waals surface area contributed by atoms with Crippen LogP contribution in [0, 0.1) is 26.0 Å². The van der Waals surface area contributed by atoms with Gasteiger partial charge in [-0.2, -0.15) is 4.98 Å². The molecule has 0 aliphatic carbocycles. The molecule has 1 unspecified atom stereocenters. The monoisotopic (exact) mass is 591 g/mol. The van der Waals surface area contributed by atoms with Crippen LogP contribution >= 0.6 is 0 Å². The molecule has 2 aliphatic rings. The minimum atomic E-state index is -0.349. The molecule has 2 aliphatic heterocycles.